The molecule has 0 N–H and O–H groups in total. The van der Waals surface area contributed by atoms with Gasteiger partial charge in [-0.05, 0) is 46.5 Å². The Kier molecular flexibility index (Phi) is 13.9. The van der Waals surface area contributed by atoms with E-state index in [-0.39, 0.29) is 27.9 Å². The molecule has 2 rings (SSSR count). The molecule has 1 heterocycles. The fraction of sp³-hybridized carbons (Fsp3) is 0.0909. The summed E-state index contributed by atoms with van der Waals surface area (Å²) in [6, 6.07) is 7.74. The van der Waals surface area contributed by atoms with Crippen LogP contribution in [0.2, 0.25) is 0 Å². The fourth-order valence-corrected chi connectivity index (χ4v) is 97.0. The van der Waals surface area contributed by atoms with Crippen LogP contribution in [0, 0.1) is 6.92 Å². The van der Waals surface area contributed by atoms with E-state index in [1.165, 1.54) is 0 Å². The fourth-order valence-electron chi connectivity index (χ4n) is 1.81. The molecule has 1 aromatic heterocycles. The molecule has 1 aromatic carbocycles. The molecule has 0 fully saturated rings. The molecule has 0 amide bonds. The Balaban J connectivity index is 0.000000245. The van der Waals surface area contributed by atoms with Gasteiger partial charge in [0.2, 0.25) is 0 Å². The molecule has 13 heteroatoms. The van der Waals surface area contributed by atoms with Crippen LogP contribution < -0.4 is 0 Å². The Morgan fingerprint density at radius 2 is 1.71 bits per heavy atom. The number of aryl methyl sites for hydroxylation is 1. The molecule has 132 valence electrons. The number of carbonyl (C=O) groups is 1. The van der Waals surface area contributed by atoms with E-state index in [0.29, 0.717) is 5.56 Å². The van der Waals surface area contributed by atoms with Crippen molar-refractivity contribution < 1.29 is 4.79 Å². The topological polar surface area (TPSA) is 30.0 Å². The van der Waals surface area contributed by atoms with E-state index in [1.807, 2.05) is 31.2 Å². The summed E-state index contributed by atoms with van der Waals surface area (Å²) in [4.78, 5) is 15.0. The van der Waals surface area contributed by atoms with Gasteiger partial charge in [-0.25, -0.2) is 0 Å². The second-order valence-corrected chi connectivity index (χ2v) is 43.5. The number of hydrogen-bond acceptors (Lipinski definition) is 2. The Morgan fingerprint density at radius 1 is 1.08 bits per heavy atom. The molecular weight excluding hydrogens is 503 g/mol. The lowest BCUT2D eigenvalue weighted by molar-refractivity contribution is 0.112. The summed E-state index contributed by atoms with van der Waals surface area (Å²) in [5.41, 5.74) is 2.46. The third-order valence-corrected chi connectivity index (χ3v) is 61.9. The van der Waals surface area contributed by atoms with Crippen LogP contribution in [0.3, 0.4) is 0 Å². The molecule has 24 heavy (non-hydrogen) atoms. The molecule has 2 aromatic rings. The second-order valence-electron chi connectivity index (χ2n) is 4.49. The van der Waals surface area contributed by atoms with Gasteiger partial charge in [0.15, 0.2) is 6.29 Å². The number of aldehydes is 1. The van der Waals surface area contributed by atoms with Crippen LogP contribution in [0.1, 0.15) is 15.9 Å². The van der Waals surface area contributed by atoms with Crippen LogP contribution in [0.15, 0.2) is 30.5 Å². The molecule has 0 radical (unpaired) electrons. The van der Waals surface area contributed by atoms with Gasteiger partial charge in [-0.2, -0.15) is 0 Å². The number of nitrogens with zero attached hydrogens (tertiary/aromatic N) is 1. The number of pyridine rings is 1. The SMILES string of the molecule is Cc1ccc2cccnc2c1C=O.PPP(P)P(P(P)P)P(P)P. The van der Waals surface area contributed by atoms with Gasteiger partial charge < -0.3 is 0 Å². The first-order valence-corrected chi connectivity index (χ1v) is 25.8. The van der Waals surface area contributed by atoms with E-state index in [9.17, 15) is 4.79 Å². The number of benzene rings is 1. The van der Waals surface area contributed by atoms with E-state index < -0.39 is 0 Å². The summed E-state index contributed by atoms with van der Waals surface area (Å²) in [6.45, 7) is 2.68. The molecule has 0 bridgehead atoms. The predicted molar refractivity (Wildman–Crippen MR) is 146 cm³/mol. The summed E-state index contributed by atoms with van der Waals surface area (Å²) in [5, 5.41) is 1.01. The van der Waals surface area contributed by atoms with Crippen LogP contribution in [-0.4, -0.2) is 11.3 Å². The Morgan fingerprint density at radius 3 is 2.17 bits per heavy atom. The molecule has 0 aliphatic heterocycles. The van der Waals surface area contributed by atoms with Crippen molar-refractivity contribution in [2.45, 2.75) is 6.92 Å². The smallest absolute Gasteiger partial charge is 0.152 e. The van der Waals surface area contributed by atoms with E-state index in [4.69, 9.17) is 0 Å². The molecule has 0 saturated carbocycles. The third-order valence-electron chi connectivity index (χ3n) is 2.89. The average molecular weight is 525 g/mol. The predicted octanol–water partition coefficient (Wildman–Crippen LogP) is 8.35. The first kappa shape index (κ1) is 25.1. The molecule has 8 unspecified atom stereocenters. The third kappa shape index (κ3) is 7.81. The zero-order valence-corrected chi connectivity index (χ0v) is 24.6. The quantitative estimate of drug-likeness (QED) is 0.290. The standard InChI is InChI=1S/C11H9NO.H13P11/c1-8-4-5-9-3-2-6-12-11(9)10(8)7-13;1-7-10(6)11(8(2)3)9(4)5/h2-7H,1H3;7H,1-6H2. The van der Waals surface area contributed by atoms with Gasteiger partial charge in [0.05, 0.1) is 5.52 Å². The summed E-state index contributed by atoms with van der Waals surface area (Å²) < 4.78 is 0. The van der Waals surface area contributed by atoms with Crippen LogP contribution in [0.4, 0.5) is 0 Å². The lowest BCUT2D eigenvalue weighted by Crippen LogP contribution is -1.90. The Bertz CT molecular complexity index is 659. The van der Waals surface area contributed by atoms with Gasteiger partial charge in [0.25, 0.3) is 0 Å². The average Bonchev–Trinajstić information content (AvgIpc) is 2.54. The minimum absolute atomic E-state index is 0.138. The zero-order valence-electron chi connectivity index (χ0n) is 13.1. The minimum Gasteiger partial charge on any atom is -0.298 e. The highest BCUT2D eigenvalue weighted by molar-refractivity contribution is 9.18. The zero-order chi connectivity index (χ0) is 18.3. The molecule has 8 atom stereocenters. The maximum Gasteiger partial charge on any atom is 0.152 e. The maximum atomic E-state index is 10.8. The number of carbonyl (C=O) groups excluding carboxylic acids is 1. The number of aromatic nitrogens is 1. The monoisotopic (exact) mass is 525 g/mol. The van der Waals surface area contributed by atoms with Crippen molar-refractivity contribution in [1.82, 2.24) is 4.98 Å². The van der Waals surface area contributed by atoms with Crippen molar-refractivity contribution in [2.24, 2.45) is 0 Å². The van der Waals surface area contributed by atoms with Crippen molar-refractivity contribution in [3.63, 3.8) is 0 Å². The van der Waals surface area contributed by atoms with Gasteiger partial charge >= 0.3 is 0 Å². The molecule has 0 spiro atoms. The first-order valence-electron chi connectivity index (χ1n) is 6.53. The lowest BCUT2D eigenvalue weighted by Gasteiger charge is -2.29. The largest absolute Gasteiger partial charge is 0.298 e. The normalized spacial score (nSPS) is 12.9. The van der Waals surface area contributed by atoms with Crippen LogP contribution in [0.5, 0.6) is 0 Å². The van der Waals surface area contributed by atoms with Crippen molar-refractivity contribution in [2.75, 3.05) is 0 Å². The van der Waals surface area contributed by atoms with Gasteiger partial charge in [0.1, 0.15) is 0 Å². The number of rotatable bonds is 5. The molecule has 2 nitrogen and oxygen atoms in total. The number of fused-ring (bicyclic) bond motifs is 1. The molecule has 0 aliphatic carbocycles. The highest BCUT2D eigenvalue weighted by atomic mass is 33.2. The van der Waals surface area contributed by atoms with Crippen molar-refractivity contribution in [3.8, 4) is 0 Å². The highest BCUT2D eigenvalue weighted by Crippen LogP contribution is 3.12. The number of hydrogen-bond donors (Lipinski definition) is 0. The van der Waals surface area contributed by atoms with Crippen LogP contribution in [0.25, 0.3) is 10.9 Å². The molecule has 0 saturated heterocycles. The molecular formula is C11H22NOP11. The first-order chi connectivity index (χ1) is 11.3. The summed E-state index contributed by atoms with van der Waals surface area (Å²) in [5.74, 6) is 0. The maximum absolute atomic E-state index is 10.8. The van der Waals surface area contributed by atoms with Gasteiger partial charge in [-0.3, -0.25) is 9.78 Å². The van der Waals surface area contributed by atoms with E-state index in [0.717, 1.165) is 30.7 Å². The molecule has 0 aliphatic rings. The van der Waals surface area contributed by atoms with Gasteiger partial charge in [-0.15, -0.1) is 53.6 Å². The summed E-state index contributed by atoms with van der Waals surface area (Å²) in [6.07, 6.45) is 2.57. The second kappa shape index (κ2) is 13.3. The van der Waals surface area contributed by atoms with Gasteiger partial charge in [0, 0.05) is 17.1 Å². The Hall–Kier alpha value is 3.03. The minimum atomic E-state index is 0.138. The van der Waals surface area contributed by atoms with Crippen molar-refractivity contribution in [3.05, 3.63) is 41.6 Å². The van der Waals surface area contributed by atoms with Crippen LogP contribution >= 0.6 is 89.5 Å². The van der Waals surface area contributed by atoms with Crippen molar-refractivity contribution in [1.29, 1.82) is 0 Å². The highest BCUT2D eigenvalue weighted by Gasteiger charge is 2.22. The van der Waals surface area contributed by atoms with E-state index in [1.54, 1.807) is 6.20 Å². The van der Waals surface area contributed by atoms with Crippen LogP contribution in [-0.2, 0) is 0 Å². The lowest BCUT2D eigenvalue weighted by atomic mass is 10.1. The van der Waals surface area contributed by atoms with E-state index >= 15 is 0 Å². The van der Waals surface area contributed by atoms with Crippen molar-refractivity contribution >= 4 is 107 Å². The Labute approximate surface area is 164 Å². The summed E-state index contributed by atoms with van der Waals surface area (Å²) in [7, 11) is 18.9. The van der Waals surface area contributed by atoms with E-state index in [2.05, 4.69) is 58.6 Å². The van der Waals surface area contributed by atoms with Gasteiger partial charge in [-0.1, -0.05) is 26.2 Å². The summed E-state index contributed by atoms with van der Waals surface area (Å²) >= 11 is 0.